The molecule has 2 atom stereocenters. The van der Waals surface area contributed by atoms with Gasteiger partial charge < -0.3 is 15.1 Å². The molecule has 0 aromatic carbocycles. The number of aliphatic hydroxyl groups excluding tert-OH is 2. The Morgan fingerprint density at radius 3 is 2.44 bits per heavy atom. The van der Waals surface area contributed by atoms with Gasteiger partial charge in [0.15, 0.2) is 0 Å². The predicted octanol–water partition coefficient (Wildman–Crippen LogP) is 1.88. The van der Waals surface area contributed by atoms with Crippen molar-refractivity contribution in [1.82, 2.24) is 4.90 Å². The molecule has 1 aliphatic carbocycles. The Labute approximate surface area is 111 Å². The van der Waals surface area contributed by atoms with Crippen LogP contribution in [0.3, 0.4) is 0 Å². The van der Waals surface area contributed by atoms with Gasteiger partial charge in [-0.1, -0.05) is 20.3 Å². The summed E-state index contributed by atoms with van der Waals surface area (Å²) in [4.78, 5) is 2.49. The molecule has 0 amide bonds. The third kappa shape index (κ3) is 3.25. The van der Waals surface area contributed by atoms with Gasteiger partial charge in [0.2, 0.25) is 0 Å². The molecule has 1 heterocycles. The standard InChI is InChI=1S/C15H29NO2/c1-15(2)7-3-4-13(14(15)18)10-16-8-5-12(11-17)6-9-16/h12-14,17-18H,3-11H2,1-2H3. The average Bonchev–Trinajstić information content (AvgIpc) is 2.36. The van der Waals surface area contributed by atoms with E-state index in [1.54, 1.807) is 0 Å². The molecule has 0 spiro atoms. The maximum Gasteiger partial charge on any atom is 0.0631 e. The fraction of sp³-hybridized carbons (Fsp3) is 1.00. The molecule has 0 aromatic heterocycles. The molecule has 1 saturated heterocycles. The number of hydrogen-bond acceptors (Lipinski definition) is 3. The van der Waals surface area contributed by atoms with Gasteiger partial charge in [-0.25, -0.2) is 0 Å². The second-order valence-electron chi connectivity index (χ2n) is 7.01. The Hall–Kier alpha value is -0.120. The Morgan fingerprint density at radius 1 is 1.17 bits per heavy atom. The van der Waals surface area contributed by atoms with Gasteiger partial charge in [-0.2, -0.15) is 0 Å². The normalized spacial score (nSPS) is 34.7. The van der Waals surface area contributed by atoms with E-state index in [1.807, 2.05) is 0 Å². The number of aliphatic hydroxyl groups is 2. The van der Waals surface area contributed by atoms with Crippen LogP contribution in [-0.2, 0) is 0 Å². The molecule has 18 heavy (non-hydrogen) atoms. The van der Waals surface area contributed by atoms with Crippen molar-refractivity contribution in [3.8, 4) is 0 Å². The molecule has 2 fully saturated rings. The van der Waals surface area contributed by atoms with Crippen LogP contribution in [0.4, 0.5) is 0 Å². The van der Waals surface area contributed by atoms with E-state index in [-0.39, 0.29) is 11.5 Å². The fourth-order valence-electron chi connectivity index (χ4n) is 3.64. The molecule has 2 rings (SSSR count). The fourth-order valence-corrected chi connectivity index (χ4v) is 3.64. The van der Waals surface area contributed by atoms with E-state index < -0.39 is 0 Å². The highest BCUT2D eigenvalue weighted by Gasteiger charge is 2.38. The van der Waals surface area contributed by atoms with Crippen molar-refractivity contribution in [3.63, 3.8) is 0 Å². The lowest BCUT2D eigenvalue weighted by Crippen LogP contribution is -2.46. The highest BCUT2D eigenvalue weighted by Crippen LogP contribution is 2.39. The maximum atomic E-state index is 10.5. The summed E-state index contributed by atoms with van der Waals surface area (Å²) in [5.41, 5.74) is 0.0896. The van der Waals surface area contributed by atoms with Crippen molar-refractivity contribution in [2.24, 2.45) is 17.3 Å². The van der Waals surface area contributed by atoms with Crippen molar-refractivity contribution in [1.29, 1.82) is 0 Å². The van der Waals surface area contributed by atoms with Crippen molar-refractivity contribution >= 4 is 0 Å². The third-order valence-electron chi connectivity index (χ3n) is 5.10. The summed E-state index contributed by atoms with van der Waals surface area (Å²) >= 11 is 0. The van der Waals surface area contributed by atoms with Crippen LogP contribution in [0.1, 0.15) is 46.0 Å². The van der Waals surface area contributed by atoms with Crippen LogP contribution in [0.5, 0.6) is 0 Å². The highest BCUT2D eigenvalue weighted by molar-refractivity contribution is 4.90. The topological polar surface area (TPSA) is 43.7 Å². The number of rotatable bonds is 3. The van der Waals surface area contributed by atoms with Crippen molar-refractivity contribution in [3.05, 3.63) is 0 Å². The smallest absolute Gasteiger partial charge is 0.0631 e. The molecular weight excluding hydrogens is 226 g/mol. The first-order valence-corrected chi connectivity index (χ1v) is 7.54. The van der Waals surface area contributed by atoms with Crippen molar-refractivity contribution in [2.75, 3.05) is 26.2 Å². The summed E-state index contributed by atoms with van der Waals surface area (Å²) < 4.78 is 0. The molecule has 0 radical (unpaired) electrons. The first-order chi connectivity index (χ1) is 8.53. The van der Waals surface area contributed by atoms with Gasteiger partial charge in [0, 0.05) is 13.2 Å². The number of nitrogens with zero attached hydrogens (tertiary/aromatic N) is 1. The zero-order valence-electron chi connectivity index (χ0n) is 11.9. The molecule has 0 aromatic rings. The molecule has 106 valence electrons. The van der Waals surface area contributed by atoms with E-state index >= 15 is 0 Å². The molecule has 0 bridgehead atoms. The van der Waals surface area contributed by atoms with Crippen LogP contribution in [0.15, 0.2) is 0 Å². The molecular formula is C15H29NO2. The quantitative estimate of drug-likeness (QED) is 0.809. The van der Waals surface area contributed by atoms with Crippen molar-refractivity contribution < 1.29 is 10.2 Å². The van der Waals surface area contributed by atoms with Crippen molar-refractivity contribution in [2.45, 2.75) is 52.1 Å². The number of piperidine rings is 1. The Bertz CT molecular complexity index is 259. The van der Waals surface area contributed by atoms with Gasteiger partial charge in [-0.15, -0.1) is 0 Å². The average molecular weight is 255 g/mol. The summed E-state index contributed by atoms with van der Waals surface area (Å²) in [6, 6.07) is 0. The minimum Gasteiger partial charge on any atom is -0.396 e. The second-order valence-corrected chi connectivity index (χ2v) is 7.01. The maximum absolute atomic E-state index is 10.5. The molecule has 2 aliphatic rings. The highest BCUT2D eigenvalue weighted by atomic mass is 16.3. The van der Waals surface area contributed by atoms with Crippen LogP contribution < -0.4 is 0 Å². The summed E-state index contributed by atoms with van der Waals surface area (Å²) in [6.07, 6.45) is 5.65. The van der Waals surface area contributed by atoms with E-state index in [0.29, 0.717) is 18.4 Å². The lowest BCUT2D eigenvalue weighted by molar-refractivity contribution is -0.0460. The molecule has 2 unspecified atom stereocenters. The van der Waals surface area contributed by atoms with E-state index in [1.165, 1.54) is 12.8 Å². The molecule has 1 aliphatic heterocycles. The van der Waals surface area contributed by atoms with E-state index in [4.69, 9.17) is 5.11 Å². The SMILES string of the molecule is CC1(C)CCCC(CN2CCC(CO)CC2)C1O. The van der Waals surface area contributed by atoms with Gasteiger partial charge in [-0.05, 0) is 56.0 Å². The zero-order valence-corrected chi connectivity index (χ0v) is 11.9. The Balaban J connectivity index is 1.82. The monoisotopic (exact) mass is 255 g/mol. The van der Waals surface area contributed by atoms with Gasteiger partial charge in [0.1, 0.15) is 0 Å². The Morgan fingerprint density at radius 2 is 1.83 bits per heavy atom. The summed E-state index contributed by atoms with van der Waals surface area (Å²) in [5.74, 6) is 0.952. The molecule has 1 saturated carbocycles. The lowest BCUT2D eigenvalue weighted by atomic mass is 9.69. The van der Waals surface area contributed by atoms with Gasteiger partial charge in [-0.3, -0.25) is 0 Å². The molecule has 2 N–H and O–H groups in total. The van der Waals surface area contributed by atoms with Crippen LogP contribution in [0.25, 0.3) is 0 Å². The summed E-state index contributed by atoms with van der Waals surface area (Å²) in [5, 5.41) is 19.6. The number of hydrogen-bond donors (Lipinski definition) is 2. The van der Waals surface area contributed by atoms with Gasteiger partial charge in [0.05, 0.1) is 6.10 Å². The lowest BCUT2D eigenvalue weighted by Gasteiger charge is -2.43. The first kappa shape index (κ1) is 14.3. The molecule has 3 heteroatoms. The largest absolute Gasteiger partial charge is 0.396 e. The van der Waals surface area contributed by atoms with Crippen LogP contribution in [0, 0.1) is 17.3 Å². The summed E-state index contributed by atoms with van der Waals surface area (Å²) in [7, 11) is 0. The van der Waals surface area contributed by atoms with Gasteiger partial charge in [0.25, 0.3) is 0 Å². The minimum absolute atomic E-state index is 0.0896. The minimum atomic E-state index is -0.151. The van der Waals surface area contributed by atoms with E-state index in [2.05, 4.69) is 18.7 Å². The summed E-state index contributed by atoms with van der Waals surface area (Å²) in [6.45, 7) is 7.96. The zero-order chi connectivity index (χ0) is 13.2. The van der Waals surface area contributed by atoms with Gasteiger partial charge >= 0.3 is 0 Å². The molecule has 3 nitrogen and oxygen atoms in total. The van der Waals surface area contributed by atoms with Crippen LogP contribution in [-0.4, -0.2) is 47.5 Å². The predicted molar refractivity (Wildman–Crippen MR) is 73.4 cm³/mol. The van der Waals surface area contributed by atoms with E-state index in [9.17, 15) is 5.11 Å². The first-order valence-electron chi connectivity index (χ1n) is 7.54. The second kappa shape index (κ2) is 5.89. The van der Waals surface area contributed by atoms with E-state index in [0.717, 1.165) is 38.9 Å². The third-order valence-corrected chi connectivity index (χ3v) is 5.10. The number of likely N-dealkylation sites (tertiary alicyclic amines) is 1. The van der Waals surface area contributed by atoms with Crippen LogP contribution in [0.2, 0.25) is 0 Å². The Kier molecular flexibility index (Phi) is 4.68. The van der Waals surface area contributed by atoms with Crippen LogP contribution >= 0.6 is 0 Å².